The molecule has 23 heavy (non-hydrogen) atoms. The van der Waals surface area contributed by atoms with Crippen LogP contribution in [-0.2, 0) is 22.5 Å². The monoisotopic (exact) mass is 379 g/mol. The van der Waals surface area contributed by atoms with Crippen molar-refractivity contribution in [2.45, 2.75) is 19.3 Å². The van der Waals surface area contributed by atoms with E-state index in [4.69, 9.17) is 10.6 Å². The third-order valence-corrected chi connectivity index (χ3v) is 5.15. The van der Waals surface area contributed by atoms with Crippen LogP contribution in [0.5, 0.6) is 0 Å². The van der Waals surface area contributed by atoms with E-state index in [1.165, 1.54) is 12.2 Å². The Morgan fingerprint density at radius 2 is 2.17 bits per heavy atom. The van der Waals surface area contributed by atoms with Crippen molar-refractivity contribution in [3.63, 3.8) is 0 Å². The molecule has 7 heteroatoms. The summed E-state index contributed by atoms with van der Waals surface area (Å²) in [6, 6.07) is 3.55. The minimum Gasteiger partial charge on any atom is -0.366 e. The van der Waals surface area contributed by atoms with E-state index in [-0.39, 0.29) is 11.8 Å². The summed E-state index contributed by atoms with van der Waals surface area (Å²) in [7, 11) is 3.09. The summed E-state index contributed by atoms with van der Waals surface area (Å²) < 4.78 is 0.925. The number of H-pyrrole nitrogens is 1. The average molecular weight is 380 g/mol. The van der Waals surface area contributed by atoms with Gasteiger partial charge < -0.3 is 10.7 Å². The number of benzene rings is 1. The van der Waals surface area contributed by atoms with Crippen LogP contribution >= 0.6 is 15.9 Å². The van der Waals surface area contributed by atoms with Gasteiger partial charge in [-0.3, -0.25) is 14.4 Å². The van der Waals surface area contributed by atoms with Crippen molar-refractivity contribution in [1.82, 2.24) is 10.0 Å². The lowest BCUT2D eigenvalue weighted by Gasteiger charge is -2.25. The Morgan fingerprint density at radius 1 is 1.43 bits per heavy atom. The molecule has 1 aromatic carbocycles. The van der Waals surface area contributed by atoms with E-state index >= 15 is 0 Å². The van der Waals surface area contributed by atoms with Gasteiger partial charge in [0.15, 0.2) is 0 Å². The maximum absolute atomic E-state index is 12.3. The Bertz CT molecular complexity index is 799. The van der Waals surface area contributed by atoms with E-state index in [2.05, 4.69) is 20.9 Å². The molecule has 1 aliphatic rings. The molecule has 1 heterocycles. The molecule has 3 rings (SSSR count). The number of aromatic nitrogens is 1. The Hall–Kier alpha value is -1.86. The Morgan fingerprint density at radius 3 is 2.83 bits per heavy atom. The minimum absolute atomic E-state index is 0.0361. The molecule has 0 saturated heterocycles. The zero-order valence-corrected chi connectivity index (χ0v) is 14.6. The fourth-order valence-electron chi connectivity index (χ4n) is 3.26. The van der Waals surface area contributed by atoms with Crippen molar-refractivity contribution < 1.29 is 14.4 Å². The van der Waals surface area contributed by atoms with Crippen LogP contribution in [0, 0.1) is 5.92 Å². The number of halogens is 1. The lowest BCUT2D eigenvalue weighted by atomic mass is 9.86. The van der Waals surface area contributed by atoms with Gasteiger partial charge in [-0.05, 0) is 37.0 Å². The normalized spacial score (nSPS) is 17.1. The standard InChI is InChI=1S/C16H18BrN3O3/c1-20(23-2)16(22)8-3-4-9-12(7-8)19-14-10(15(18)21)5-6-11(17)13(9)14/h5-6,8,19H,3-4,7H2,1-2H3,(H2,18,21). The first kappa shape index (κ1) is 16.0. The number of hydroxylamine groups is 2. The van der Waals surface area contributed by atoms with E-state index in [0.717, 1.165) is 39.5 Å². The first-order chi connectivity index (χ1) is 10.9. The molecule has 0 radical (unpaired) electrons. The first-order valence-corrected chi connectivity index (χ1v) is 8.16. The molecule has 6 nitrogen and oxygen atoms in total. The Labute approximate surface area is 142 Å². The summed E-state index contributed by atoms with van der Waals surface area (Å²) in [4.78, 5) is 32.2. The predicted octanol–water partition coefficient (Wildman–Crippen LogP) is 2.15. The van der Waals surface area contributed by atoms with Crippen LogP contribution in [0.25, 0.3) is 10.9 Å². The van der Waals surface area contributed by atoms with Crippen molar-refractivity contribution in [3.05, 3.63) is 33.4 Å². The van der Waals surface area contributed by atoms with Gasteiger partial charge in [-0.25, -0.2) is 5.06 Å². The molecule has 1 unspecified atom stereocenters. The van der Waals surface area contributed by atoms with Gasteiger partial charge in [-0.1, -0.05) is 15.9 Å². The second kappa shape index (κ2) is 5.98. The Kier molecular flexibility index (Phi) is 4.16. The van der Waals surface area contributed by atoms with Crippen molar-refractivity contribution in [2.75, 3.05) is 14.2 Å². The number of nitrogens with two attached hydrogens (primary N) is 1. The maximum Gasteiger partial charge on any atom is 0.250 e. The molecule has 2 amide bonds. The largest absolute Gasteiger partial charge is 0.366 e. The number of carbonyl (C=O) groups excluding carboxylic acids is 2. The molecule has 0 bridgehead atoms. The third-order valence-electron chi connectivity index (χ3n) is 4.49. The van der Waals surface area contributed by atoms with Gasteiger partial charge in [0.1, 0.15) is 0 Å². The maximum atomic E-state index is 12.3. The van der Waals surface area contributed by atoms with E-state index in [9.17, 15) is 9.59 Å². The fraction of sp³-hybridized carbons (Fsp3) is 0.375. The van der Waals surface area contributed by atoms with Crippen LogP contribution < -0.4 is 5.73 Å². The van der Waals surface area contributed by atoms with E-state index < -0.39 is 5.91 Å². The molecule has 2 aromatic rings. The number of nitrogens with one attached hydrogen (secondary N) is 1. The molecular weight excluding hydrogens is 362 g/mol. The SMILES string of the molecule is CON(C)C(=O)C1CCc2c([nH]c3c(C(N)=O)ccc(Br)c23)C1. The third kappa shape index (κ3) is 2.64. The molecule has 0 fully saturated rings. The molecule has 1 aliphatic carbocycles. The molecule has 1 atom stereocenters. The van der Waals surface area contributed by atoms with Gasteiger partial charge >= 0.3 is 0 Å². The molecule has 1 aromatic heterocycles. The van der Waals surface area contributed by atoms with Crippen molar-refractivity contribution in [3.8, 4) is 0 Å². The summed E-state index contributed by atoms with van der Waals surface area (Å²) >= 11 is 3.55. The number of nitrogens with zero attached hydrogens (tertiary/aromatic N) is 1. The van der Waals surface area contributed by atoms with Gasteiger partial charge in [0.05, 0.1) is 18.2 Å². The number of aryl methyl sites for hydroxylation is 1. The van der Waals surface area contributed by atoms with Crippen LogP contribution in [0.4, 0.5) is 0 Å². The van der Waals surface area contributed by atoms with E-state index in [0.29, 0.717) is 12.0 Å². The highest BCUT2D eigenvalue weighted by Gasteiger charge is 2.30. The summed E-state index contributed by atoms with van der Waals surface area (Å²) in [6.45, 7) is 0. The first-order valence-electron chi connectivity index (χ1n) is 7.37. The zero-order valence-electron chi connectivity index (χ0n) is 13.0. The molecule has 0 spiro atoms. The fourth-order valence-corrected chi connectivity index (χ4v) is 3.83. The van der Waals surface area contributed by atoms with Crippen LogP contribution in [0.3, 0.4) is 0 Å². The second-order valence-corrected chi connectivity index (χ2v) is 6.60. The van der Waals surface area contributed by atoms with Crippen molar-refractivity contribution >= 4 is 38.6 Å². The number of hydrogen-bond acceptors (Lipinski definition) is 3. The summed E-state index contributed by atoms with van der Waals surface area (Å²) in [6.07, 6.45) is 2.12. The predicted molar refractivity (Wildman–Crippen MR) is 89.8 cm³/mol. The topological polar surface area (TPSA) is 88.4 Å². The summed E-state index contributed by atoms with van der Waals surface area (Å²) in [5, 5.41) is 2.26. The lowest BCUT2D eigenvalue weighted by Crippen LogP contribution is -2.35. The lowest BCUT2D eigenvalue weighted by molar-refractivity contribution is -0.173. The average Bonchev–Trinajstić information content (AvgIpc) is 2.92. The van der Waals surface area contributed by atoms with E-state index in [1.807, 2.05) is 6.07 Å². The number of carbonyl (C=O) groups is 2. The van der Waals surface area contributed by atoms with E-state index in [1.54, 1.807) is 13.1 Å². The molecular formula is C16H18BrN3O3. The van der Waals surface area contributed by atoms with Crippen LogP contribution in [-0.4, -0.2) is 36.0 Å². The van der Waals surface area contributed by atoms with Gasteiger partial charge in [-0.15, -0.1) is 0 Å². The molecule has 0 saturated carbocycles. The molecule has 122 valence electrons. The van der Waals surface area contributed by atoms with Gasteiger partial charge in [-0.2, -0.15) is 0 Å². The summed E-state index contributed by atoms with van der Waals surface area (Å²) in [5.41, 5.74) is 8.82. The van der Waals surface area contributed by atoms with Crippen LogP contribution in [0.1, 0.15) is 28.0 Å². The van der Waals surface area contributed by atoms with Gasteiger partial charge in [0.25, 0.3) is 5.91 Å². The highest BCUT2D eigenvalue weighted by molar-refractivity contribution is 9.10. The van der Waals surface area contributed by atoms with Crippen LogP contribution in [0.15, 0.2) is 16.6 Å². The van der Waals surface area contributed by atoms with Gasteiger partial charge in [0, 0.05) is 28.5 Å². The number of fused-ring (bicyclic) bond motifs is 3. The number of amides is 2. The number of primary amides is 1. The Balaban J connectivity index is 2.05. The molecule has 3 N–H and O–H groups in total. The summed E-state index contributed by atoms with van der Waals surface area (Å²) in [5.74, 6) is -0.629. The quantitative estimate of drug-likeness (QED) is 0.800. The molecule has 0 aliphatic heterocycles. The van der Waals surface area contributed by atoms with Crippen molar-refractivity contribution in [1.29, 1.82) is 0 Å². The van der Waals surface area contributed by atoms with Crippen molar-refractivity contribution in [2.24, 2.45) is 11.7 Å². The number of aromatic amines is 1. The second-order valence-electron chi connectivity index (χ2n) is 5.75. The zero-order chi connectivity index (χ0) is 16.7. The van der Waals surface area contributed by atoms with Crippen LogP contribution in [0.2, 0.25) is 0 Å². The highest BCUT2D eigenvalue weighted by Crippen LogP contribution is 2.37. The number of hydrogen-bond donors (Lipinski definition) is 2. The minimum atomic E-state index is -0.465. The highest BCUT2D eigenvalue weighted by atomic mass is 79.9. The number of rotatable bonds is 3. The smallest absolute Gasteiger partial charge is 0.250 e. The van der Waals surface area contributed by atoms with Gasteiger partial charge in [0.2, 0.25) is 5.91 Å².